The van der Waals surface area contributed by atoms with Gasteiger partial charge in [-0.05, 0) is 6.42 Å². The Morgan fingerprint density at radius 3 is 2.79 bits per heavy atom. The van der Waals surface area contributed by atoms with Gasteiger partial charge in [-0.2, -0.15) is 8.42 Å². The van der Waals surface area contributed by atoms with E-state index >= 15 is 0 Å². The van der Waals surface area contributed by atoms with Gasteiger partial charge in [0.1, 0.15) is 18.5 Å². The van der Waals surface area contributed by atoms with Gasteiger partial charge in [0.05, 0.1) is 0 Å². The van der Waals surface area contributed by atoms with Gasteiger partial charge < -0.3 is 4.74 Å². The maximum atomic E-state index is 11.1. The van der Waals surface area contributed by atoms with Gasteiger partial charge in [0, 0.05) is 6.42 Å². The number of carbonyl (C=O) groups excluding carboxylic acids is 1. The average molecular weight is 222 g/mol. The van der Waals surface area contributed by atoms with E-state index in [-0.39, 0.29) is 18.3 Å². The van der Waals surface area contributed by atoms with Crippen LogP contribution in [0.5, 0.6) is 0 Å². The molecule has 5 nitrogen and oxygen atoms in total. The lowest BCUT2D eigenvalue weighted by molar-refractivity contribution is -0.148. The van der Waals surface area contributed by atoms with E-state index < -0.39 is 16.2 Å². The Kier molecular flexibility index (Phi) is 3.88. The van der Waals surface area contributed by atoms with Crippen molar-refractivity contribution in [3.63, 3.8) is 0 Å². The highest BCUT2D eigenvalue weighted by atomic mass is 32.2. The first-order valence-electron chi connectivity index (χ1n) is 4.60. The quantitative estimate of drug-likeness (QED) is 0.510. The molecule has 1 rings (SSSR count). The molecule has 1 aliphatic heterocycles. The van der Waals surface area contributed by atoms with Crippen molar-refractivity contribution in [3.8, 4) is 0 Å². The molecular weight excluding hydrogens is 208 g/mol. The summed E-state index contributed by atoms with van der Waals surface area (Å²) in [6.45, 7) is 1.93. The Hall–Kier alpha value is -0.620. The standard InChI is InChI=1S/C8H14O5S/c1-2-3-4-8(9)13-7-5-12-14(10,11)6-7/h7H,2-6H2,1H3. The van der Waals surface area contributed by atoms with Crippen LogP contribution in [0.4, 0.5) is 0 Å². The fraction of sp³-hybridized carbons (Fsp3) is 0.875. The first-order chi connectivity index (χ1) is 6.53. The van der Waals surface area contributed by atoms with Crippen LogP contribution in [0.1, 0.15) is 26.2 Å². The van der Waals surface area contributed by atoms with Crippen LogP contribution in [0.3, 0.4) is 0 Å². The maximum Gasteiger partial charge on any atom is 0.306 e. The van der Waals surface area contributed by atoms with Gasteiger partial charge in [-0.1, -0.05) is 13.3 Å². The monoisotopic (exact) mass is 222 g/mol. The normalized spacial score (nSPS) is 24.8. The lowest BCUT2D eigenvalue weighted by Gasteiger charge is -2.07. The molecular formula is C8H14O5S. The summed E-state index contributed by atoms with van der Waals surface area (Å²) in [5.41, 5.74) is 0. The molecule has 0 aliphatic carbocycles. The average Bonchev–Trinajstić information content (AvgIpc) is 2.42. The molecule has 1 unspecified atom stereocenters. The Labute approximate surface area is 83.5 Å². The first-order valence-corrected chi connectivity index (χ1v) is 6.18. The summed E-state index contributed by atoms with van der Waals surface area (Å²) in [4.78, 5) is 11.1. The number of ether oxygens (including phenoxy) is 1. The zero-order valence-corrected chi connectivity index (χ0v) is 8.88. The molecule has 1 heterocycles. The number of esters is 1. The van der Waals surface area contributed by atoms with Crippen molar-refractivity contribution < 1.29 is 22.1 Å². The van der Waals surface area contributed by atoms with Gasteiger partial charge in [-0.15, -0.1) is 0 Å². The number of carbonyl (C=O) groups is 1. The highest BCUT2D eigenvalue weighted by molar-refractivity contribution is 7.87. The smallest absolute Gasteiger partial charge is 0.306 e. The van der Waals surface area contributed by atoms with E-state index in [0.717, 1.165) is 12.8 Å². The highest BCUT2D eigenvalue weighted by Crippen LogP contribution is 2.12. The second-order valence-electron chi connectivity index (χ2n) is 3.22. The van der Waals surface area contributed by atoms with Crippen molar-refractivity contribution in [2.45, 2.75) is 32.3 Å². The molecule has 0 aromatic rings. The van der Waals surface area contributed by atoms with Crippen molar-refractivity contribution in [2.75, 3.05) is 12.4 Å². The van der Waals surface area contributed by atoms with Crippen LogP contribution in [0, 0.1) is 0 Å². The van der Waals surface area contributed by atoms with Gasteiger partial charge in [-0.3, -0.25) is 8.98 Å². The minimum atomic E-state index is -3.44. The maximum absolute atomic E-state index is 11.1. The molecule has 0 aromatic heterocycles. The molecule has 14 heavy (non-hydrogen) atoms. The van der Waals surface area contributed by atoms with E-state index in [9.17, 15) is 13.2 Å². The molecule has 0 radical (unpaired) electrons. The zero-order valence-electron chi connectivity index (χ0n) is 8.06. The molecule has 0 spiro atoms. The molecule has 1 atom stereocenters. The fourth-order valence-corrected chi connectivity index (χ4v) is 2.21. The molecule has 0 saturated carbocycles. The summed E-state index contributed by atoms with van der Waals surface area (Å²) < 4.78 is 31.0. The lowest BCUT2D eigenvalue weighted by Crippen LogP contribution is -2.21. The summed E-state index contributed by atoms with van der Waals surface area (Å²) in [6.07, 6.45) is 1.39. The van der Waals surface area contributed by atoms with E-state index in [0.29, 0.717) is 6.42 Å². The van der Waals surface area contributed by atoms with Crippen LogP contribution in [0.25, 0.3) is 0 Å². The minimum Gasteiger partial charge on any atom is -0.459 e. The van der Waals surface area contributed by atoms with Crippen molar-refractivity contribution in [1.82, 2.24) is 0 Å². The molecule has 0 bridgehead atoms. The van der Waals surface area contributed by atoms with Crippen molar-refractivity contribution in [2.24, 2.45) is 0 Å². The molecule has 0 amide bonds. The molecule has 1 aliphatic rings. The van der Waals surface area contributed by atoms with E-state index in [2.05, 4.69) is 4.18 Å². The minimum absolute atomic E-state index is 0.0415. The lowest BCUT2D eigenvalue weighted by atomic mass is 10.2. The van der Waals surface area contributed by atoms with Gasteiger partial charge in [0.2, 0.25) is 0 Å². The number of hydrogen-bond donors (Lipinski definition) is 0. The van der Waals surface area contributed by atoms with Gasteiger partial charge in [0.15, 0.2) is 0 Å². The summed E-state index contributed by atoms with van der Waals surface area (Å²) in [7, 11) is -3.44. The third-order valence-electron chi connectivity index (χ3n) is 1.86. The molecule has 0 N–H and O–H groups in total. The molecule has 0 aromatic carbocycles. The third-order valence-corrected chi connectivity index (χ3v) is 3.13. The Morgan fingerprint density at radius 2 is 2.29 bits per heavy atom. The SMILES string of the molecule is CCCCC(=O)OC1COS(=O)(=O)C1. The van der Waals surface area contributed by atoms with Crippen LogP contribution in [0.15, 0.2) is 0 Å². The van der Waals surface area contributed by atoms with Crippen molar-refractivity contribution in [3.05, 3.63) is 0 Å². The van der Waals surface area contributed by atoms with Crippen LogP contribution in [-0.4, -0.2) is 32.9 Å². The third kappa shape index (κ3) is 3.63. The van der Waals surface area contributed by atoms with Crippen LogP contribution < -0.4 is 0 Å². The van der Waals surface area contributed by atoms with E-state index in [4.69, 9.17) is 4.74 Å². The Bertz CT molecular complexity index is 295. The predicted octanol–water partition coefficient (Wildman–Crippen LogP) is 0.448. The first kappa shape index (κ1) is 11.5. The summed E-state index contributed by atoms with van der Waals surface area (Å²) in [5, 5.41) is 0. The van der Waals surface area contributed by atoms with Crippen LogP contribution in [0.2, 0.25) is 0 Å². The Morgan fingerprint density at radius 1 is 1.57 bits per heavy atom. The number of unbranched alkanes of at least 4 members (excludes halogenated alkanes) is 1. The topological polar surface area (TPSA) is 69.7 Å². The summed E-state index contributed by atoms with van der Waals surface area (Å²) in [6, 6.07) is 0. The summed E-state index contributed by atoms with van der Waals surface area (Å²) in [5.74, 6) is -0.567. The zero-order chi connectivity index (χ0) is 10.6. The van der Waals surface area contributed by atoms with Crippen LogP contribution >= 0.6 is 0 Å². The van der Waals surface area contributed by atoms with Crippen LogP contribution in [-0.2, 0) is 23.8 Å². The van der Waals surface area contributed by atoms with E-state index in [1.807, 2.05) is 6.92 Å². The fourth-order valence-electron chi connectivity index (χ4n) is 1.14. The molecule has 1 saturated heterocycles. The number of rotatable bonds is 4. The van der Waals surface area contributed by atoms with E-state index in [1.54, 1.807) is 0 Å². The van der Waals surface area contributed by atoms with E-state index in [1.165, 1.54) is 0 Å². The van der Waals surface area contributed by atoms with Gasteiger partial charge in [0.25, 0.3) is 10.1 Å². The molecule has 1 fully saturated rings. The predicted molar refractivity (Wildman–Crippen MR) is 49.1 cm³/mol. The molecule has 6 heteroatoms. The highest BCUT2D eigenvalue weighted by Gasteiger charge is 2.31. The molecule has 82 valence electrons. The van der Waals surface area contributed by atoms with Gasteiger partial charge >= 0.3 is 5.97 Å². The van der Waals surface area contributed by atoms with Crippen molar-refractivity contribution in [1.29, 1.82) is 0 Å². The van der Waals surface area contributed by atoms with Gasteiger partial charge in [-0.25, -0.2) is 0 Å². The number of hydrogen-bond acceptors (Lipinski definition) is 5. The summed E-state index contributed by atoms with van der Waals surface area (Å²) >= 11 is 0. The van der Waals surface area contributed by atoms with Crippen molar-refractivity contribution >= 4 is 16.1 Å². The second-order valence-corrected chi connectivity index (χ2v) is 4.91. The largest absolute Gasteiger partial charge is 0.459 e. The Balaban J connectivity index is 2.29. The second kappa shape index (κ2) is 4.75.